The average molecular weight is 292 g/mol. The van der Waals surface area contributed by atoms with Crippen LogP contribution in [0, 0.1) is 13.8 Å². The Labute approximate surface area is 121 Å². The second-order valence-electron chi connectivity index (χ2n) is 4.45. The van der Waals surface area contributed by atoms with Crippen LogP contribution in [0.3, 0.4) is 0 Å². The smallest absolute Gasteiger partial charge is 0.123 e. The van der Waals surface area contributed by atoms with Crippen LogP contribution in [0.4, 0.5) is 4.39 Å². The first-order valence-corrected chi connectivity index (χ1v) is 7.11. The van der Waals surface area contributed by atoms with Crippen molar-refractivity contribution in [3.63, 3.8) is 0 Å². The van der Waals surface area contributed by atoms with Gasteiger partial charge in [-0.25, -0.2) is 9.37 Å². The van der Waals surface area contributed by atoms with Gasteiger partial charge in [-0.15, -0.1) is 11.3 Å². The lowest BCUT2D eigenvalue weighted by Gasteiger charge is -2.07. The Kier molecular flexibility index (Phi) is 4.87. The van der Waals surface area contributed by atoms with Gasteiger partial charge in [-0.3, -0.25) is 0 Å². The Balaban J connectivity index is 2.06. The topological polar surface area (TPSA) is 48.1 Å². The van der Waals surface area contributed by atoms with Crippen LogP contribution in [0.1, 0.15) is 10.6 Å². The largest absolute Gasteiger partial charge is 0.489 e. The molecule has 5 heteroatoms. The molecule has 0 aliphatic heterocycles. The maximum atomic E-state index is 12.4. The third-order valence-electron chi connectivity index (χ3n) is 2.97. The quantitative estimate of drug-likeness (QED) is 0.915. The summed E-state index contributed by atoms with van der Waals surface area (Å²) in [5.41, 5.74) is 7.92. The fourth-order valence-electron chi connectivity index (χ4n) is 1.60. The Morgan fingerprint density at radius 1 is 1.35 bits per heavy atom. The highest BCUT2D eigenvalue weighted by molar-refractivity contribution is 7.15. The third kappa shape index (κ3) is 3.43. The van der Waals surface area contributed by atoms with Crippen molar-refractivity contribution in [2.45, 2.75) is 13.8 Å². The summed E-state index contributed by atoms with van der Waals surface area (Å²) >= 11 is 1.67. The molecule has 3 nitrogen and oxygen atoms in total. The van der Waals surface area contributed by atoms with E-state index in [0.717, 1.165) is 16.3 Å². The number of nitrogens with zero attached hydrogens (tertiary/aromatic N) is 1. The molecule has 1 aromatic heterocycles. The molecule has 0 aliphatic carbocycles. The highest BCUT2D eigenvalue weighted by Gasteiger charge is 2.06. The maximum Gasteiger partial charge on any atom is 0.123 e. The van der Waals surface area contributed by atoms with Crippen LogP contribution < -0.4 is 10.5 Å². The molecule has 0 radical (unpaired) electrons. The molecule has 0 atom stereocenters. The summed E-state index contributed by atoms with van der Waals surface area (Å²) in [6.45, 7) is 4.39. The number of aromatic nitrogens is 1. The predicted molar refractivity (Wildman–Crippen MR) is 80.8 cm³/mol. The average Bonchev–Trinajstić information content (AvgIpc) is 2.80. The van der Waals surface area contributed by atoms with Gasteiger partial charge in [0.15, 0.2) is 0 Å². The number of benzene rings is 1. The lowest BCUT2D eigenvalue weighted by molar-refractivity contribution is 0.347. The number of thiazole rings is 1. The summed E-state index contributed by atoms with van der Waals surface area (Å²) in [6, 6.07) is 7.62. The minimum absolute atomic E-state index is 0.159. The van der Waals surface area contributed by atoms with E-state index in [4.69, 9.17) is 10.5 Å². The fourth-order valence-corrected chi connectivity index (χ4v) is 2.52. The fraction of sp³-hybridized carbons (Fsp3) is 0.267. The molecule has 20 heavy (non-hydrogen) atoms. The summed E-state index contributed by atoms with van der Waals surface area (Å²) in [5, 5.41) is 0.998. The van der Waals surface area contributed by atoms with Crippen molar-refractivity contribution in [2.24, 2.45) is 5.73 Å². The number of rotatable bonds is 5. The van der Waals surface area contributed by atoms with Gasteiger partial charge in [-0.1, -0.05) is 0 Å². The summed E-state index contributed by atoms with van der Waals surface area (Å²) < 4.78 is 17.8. The minimum atomic E-state index is 0.159. The first kappa shape index (κ1) is 14.7. The van der Waals surface area contributed by atoms with Crippen LogP contribution in [0.2, 0.25) is 0 Å². The van der Waals surface area contributed by atoms with E-state index in [9.17, 15) is 4.39 Å². The number of hydrogen-bond acceptors (Lipinski definition) is 4. The number of nitrogens with two attached hydrogens (primary N) is 1. The second-order valence-corrected chi connectivity index (χ2v) is 5.65. The maximum absolute atomic E-state index is 12.4. The molecule has 2 aromatic rings. The molecule has 0 saturated carbocycles. The van der Waals surface area contributed by atoms with Gasteiger partial charge in [0.1, 0.15) is 17.4 Å². The summed E-state index contributed by atoms with van der Waals surface area (Å²) in [4.78, 5) is 5.74. The molecule has 1 aromatic carbocycles. The van der Waals surface area contributed by atoms with Crippen molar-refractivity contribution in [2.75, 3.05) is 13.2 Å². The van der Waals surface area contributed by atoms with Crippen molar-refractivity contribution < 1.29 is 9.13 Å². The second kappa shape index (κ2) is 6.63. The summed E-state index contributed by atoms with van der Waals surface area (Å²) in [5.74, 6) is 0.687. The SMILES string of the molecule is Cc1nc(-c2ccc(OC/C(=C/F)CN)cc2)sc1C. The van der Waals surface area contributed by atoms with Crippen molar-refractivity contribution in [1.82, 2.24) is 4.98 Å². The number of ether oxygens (including phenoxy) is 1. The molecule has 0 bridgehead atoms. The van der Waals surface area contributed by atoms with Gasteiger partial charge in [-0.2, -0.15) is 0 Å². The van der Waals surface area contributed by atoms with Crippen LogP contribution in [-0.4, -0.2) is 18.1 Å². The van der Waals surface area contributed by atoms with Gasteiger partial charge in [0.25, 0.3) is 0 Å². The van der Waals surface area contributed by atoms with E-state index >= 15 is 0 Å². The van der Waals surface area contributed by atoms with Crippen molar-refractivity contribution in [3.8, 4) is 16.3 Å². The van der Waals surface area contributed by atoms with Crippen molar-refractivity contribution >= 4 is 11.3 Å². The molecule has 0 fully saturated rings. The Morgan fingerprint density at radius 2 is 2.05 bits per heavy atom. The van der Waals surface area contributed by atoms with Crippen LogP contribution in [0.15, 0.2) is 36.2 Å². The summed E-state index contributed by atoms with van der Waals surface area (Å²) in [7, 11) is 0. The lowest BCUT2D eigenvalue weighted by Crippen LogP contribution is -2.10. The Hall–Kier alpha value is -1.72. The zero-order valence-corrected chi connectivity index (χ0v) is 12.3. The number of aryl methyl sites for hydroxylation is 2. The van der Waals surface area contributed by atoms with Crippen molar-refractivity contribution in [1.29, 1.82) is 0 Å². The molecule has 0 amide bonds. The Bertz CT molecular complexity index is 585. The van der Waals surface area contributed by atoms with E-state index in [1.807, 2.05) is 31.2 Å². The molecule has 106 valence electrons. The van der Waals surface area contributed by atoms with Crippen LogP contribution in [-0.2, 0) is 0 Å². The van der Waals surface area contributed by atoms with Gasteiger partial charge >= 0.3 is 0 Å². The van der Waals surface area contributed by atoms with Gasteiger partial charge in [-0.05, 0) is 38.1 Å². The zero-order chi connectivity index (χ0) is 14.5. The van der Waals surface area contributed by atoms with Gasteiger partial charge in [0, 0.05) is 22.6 Å². The highest BCUT2D eigenvalue weighted by Crippen LogP contribution is 2.28. The molecule has 0 saturated heterocycles. The molecule has 2 rings (SSSR count). The molecular formula is C15H17FN2OS. The molecule has 0 aliphatic rings. The normalized spacial score (nSPS) is 11.7. The lowest BCUT2D eigenvalue weighted by atomic mass is 10.2. The standard InChI is InChI=1S/C15H17FN2OS/c1-10-11(2)20-15(18-10)13-3-5-14(6-4-13)19-9-12(7-16)8-17/h3-7H,8-9,17H2,1-2H3/b12-7+. The predicted octanol–water partition coefficient (Wildman–Crippen LogP) is 3.62. The molecule has 0 unspecified atom stereocenters. The summed E-state index contributed by atoms with van der Waals surface area (Å²) in [6.07, 6.45) is 0.496. The molecule has 0 spiro atoms. The van der Waals surface area contributed by atoms with Crippen LogP contribution in [0.25, 0.3) is 10.6 Å². The number of hydrogen-bond donors (Lipinski definition) is 1. The molecule has 2 N–H and O–H groups in total. The minimum Gasteiger partial charge on any atom is -0.489 e. The molecule has 1 heterocycles. The first-order valence-electron chi connectivity index (χ1n) is 6.29. The van der Waals surface area contributed by atoms with Gasteiger partial charge in [0.05, 0.1) is 12.0 Å². The van der Waals surface area contributed by atoms with E-state index in [1.165, 1.54) is 4.88 Å². The first-order chi connectivity index (χ1) is 9.63. The Morgan fingerprint density at radius 3 is 2.55 bits per heavy atom. The van der Waals surface area contributed by atoms with E-state index in [2.05, 4.69) is 11.9 Å². The third-order valence-corrected chi connectivity index (χ3v) is 4.09. The van der Waals surface area contributed by atoms with Gasteiger partial charge < -0.3 is 10.5 Å². The molecular weight excluding hydrogens is 275 g/mol. The monoisotopic (exact) mass is 292 g/mol. The highest BCUT2D eigenvalue weighted by atomic mass is 32.1. The number of halogens is 1. The van der Waals surface area contributed by atoms with E-state index in [-0.39, 0.29) is 13.2 Å². The van der Waals surface area contributed by atoms with Crippen LogP contribution >= 0.6 is 11.3 Å². The van der Waals surface area contributed by atoms with E-state index < -0.39 is 0 Å². The van der Waals surface area contributed by atoms with E-state index in [0.29, 0.717) is 17.7 Å². The van der Waals surface area contributed by atoms with Crippen LogP contribution in [0.5, 0.6) is 5.75 Å². The van der Waals surface area contributed by atoms with Gasteiger partial charge in [0.2, 0.25) is 0 Å². The zero-order valence-electron chi connectivity index (χ0n) is 11.5. The van der Waals surface area contributed by atoms with Crippen molar-refractivity contribution in [3.05, 3.63) is 46.7 Å². The van der Waals surface area contributed by atoms with E-state index in [1.54, 1.807) is 11.3 Å².